The van der Waals surface area contributed by atoms with Gasteiger partial charge >= 0.3 is 6.03 Å². The number of thioether (sulfide) groups is 1. The number of hydrogen-bond acceptors (Lipinski definition) is 8. The molecule has 3 amide bonds. The Morgan fingerprint density at radius 2 is 2.00 bits per heavy atom. The first-order chi connectivity index (χ1) is 10.8. The van der Waals surface area contributed by atoms with Gasteiger partial charge in [0.05, 0.1) is 5.75 Å². The summed E-state index contributed by atoms with van der Waals surface area (Å²) in [5, 5.41) is 18.6. The zero-order valence-electron chi connectivity index (χ0n) is 12.7. The lowest BCUT2D eigenvalue weighted by Gasteiger charge is -2.19. The molecule has 2 rings (SSSR count). The third kappa shape index (κ3) is 6.50. The molecule has 23 heavy (non-hydrogen) atoms. The third-order valence-corrected chi connectivity index (χ3v) is 4.78. The van der Waals surface area contributed by atoms with E-state index in [-0.39, 0.29) is 23.2 Å². The molecular weight excluding hydrogens is 356 g/mol. The van der Waals surface area contributed by atoms with E-state index in [1.54, 1.807) is 11.6 Å². The Hall–Kier alpha value is -1.72. The highest BCUT2D eigenvalue weighted by molar-refractivity contribution is 8.01. The molecule has 0 aliphatic carbocycles. The van der Waals surface area contributed by atoms with E-state index in [1.165, 1.54) is 34.4 Å². The summed E-state index contributed by atoms with van der Waals surface area (Å²) in [5.41, 5.74) is -0.333. The van der Waals surface area contributed by atoms with Crippen LogP contribution in [0.25, 0.3) is 0 Å². The van der Waals surface area contributed by atoms with E-state index in [2.05, 4.69) is 31.1 Å². The molecule has 0 fully saturated rings. The van der Waals surface area contributed by atoms with Gasteiger partial charge in [-0.3, -0.25) is 10.1 Å². The summed E-state index contributed by atoms with van der Waals surface area (Å²) in [5.74, 6) is 0.0303. The van der Waals surface area contributed by atoms with E-state index < -0.39 is 0 Å². The van der Waals surface area contributed by atoms with Crippen LogP contribution in [0.15, 0.2) is 15.9 Å². The molecule has 2 heterocycles. The molecule has 0 saturated heterocycles. The van der Waals surface area contributed by atoms with Crippen LogP contribution in [0.4, 0.5) is 15.1 Å². The fourth-order valence-corrected chi connectivity index (χ4v) is 3.45. The Kier molecular flexibility index (Phi) is 5.91. The van der Waals surface area contributed by atoms with Crippen LogP contribution in [0.2, 0.25) is 0 Å². The Morgan fingerprint density at radius 1 is 1.22 bits per heavy atom. The zero-order valence-corrected chi connectivity index (χ0v) is 15.2. The summed E-state index contributed by atoms with van der Waals surface area (Å²) >= 11 is 3.82. The number of nitrogens with one attached hydrogen (secondary N) is 3. The number of anilines is 2. The van der Waals surface area contributed by atoms with Crippen molar-refractivity contribution in [3.63, 3.8) is 0 Å². The molecule has 0 aliphatic rings. The molecule has 3 N–H and O–H groups in total. The van der Waals surface area contributed by atoms with Crippen LogP contribution in [-0.4, -0.2) is 38.4 Å². The fraction of sp³-hybridized carbons (Fsp3) is 0.417. The van der Waals surface area contributed by atoms with Crippen LogP contribution >= 0.6 is 34.4 Å². The topological polar surface area (TPSA) is 109 Å². The first-order valence-corrected chi connectivity index (χ1v) is 9.25. The number of thiazole rings is 1. The van der Waals surface area contributed by atoms with Crippen molar-refractivity contribution in [3.05, 3.63) is 11.6 Å². The summed E-state index contributed by atoms with van der Waals surface area (Å²) in [6.45, 7) is 5.65. The first kappa shape index (κ1) is 17.6. The van der Waals surface area contributed by atoms with Gasteiger partial charge in [-0.15, -0.1) is 21.5 Å². The van der Waals surface area contributed by atoms with Crippen molar-refractivity contribution in [2.75, 3.05) is 16.4 Å². The molecule has 0 spiro atoms. The second kappa shape index (κ2) is 7.70. The van der Waals surface area contributed by atoms with Crippen molar-refractivity contribution in [1.29, 1.82) is 0 Å². The van der Waals surface area contributed by atoms with Crippen molar-refractivity contribution in [1.82, 2.24) is 20.5 Å². The van der Waals surface area contributed by atoms with Gasteiger partial charge in [0.25, 0.3) is 0 Å². The summed E-state index contributed by atoms with van der Waals surface area (Å²) in [7, 11) is 0. The number of hydrogen-bond donors (Lipinski definition) is 3. The van der Waals surface area contributed by atoms with Crippen molar-refractivity contribution >= 4 is 56.6 Å². The zero-order chi connectivity index (χ0) is 16.9. The molecule has 2 aromatic rings. The van der Waals surface area contributed by atoms with Crippen LogP contribution in [-0.2, 0) is 4.79 Å². The van der Waals surface area contributed by atoms with E-state index in [9.17, 15) is 9.59 Å². The number of aromatic nitrogens is 3. The Labute approximate surface area is 145 Å². The molecule has 0 unspecified atom stereocenters. The van der Waals surface area contributed by atoms with Gasteiger partial charge in [-0.05, 0) is 20.8 Å². The van der Waals surface area contributed by atoms with E-state index in [0.29, 0.717) is 14.6 Å². The number of urea groups is 1. The van der Waals surface area contributed by atoms with Crippen LogP contribution in [0.3, 0.4) is 0 Å². The van der Waals surface area contributed by atoms with Crippen molar-refractivity contribution in [2.45, 2.75) is 30.6 Å². The quantitative estimate of drug-likeness (QED) is 0.550. The van der Waals surface area contributed by atoms with E-state index in [1.807, 2.05) is 20.8 Å². The monoisotopic (exact) mass is 372 g/mol. The maximum Gasteiger partial charge on any atom is 0.321 e. The second-order valence-electron chi connectivity index (χ2n) is 5.38. The lowest BCUT2D eigenvalue weighted by atomic mass is 10.1. The molecular formula is C12H16N6O2S3. The Bertz CT molecular complexity index is 665. The number of carbonyl (C=O) groups excluding carboxylic acids is 2. The highest BCUT2D eigenvalue weighted by Gasteiger charge is 2.15. The molecule has 0 bridgehead atoms. The number of rotatable bonds is 5. The van der Waals surface area contributed by atoms with E-state index in [0.717, 1.165) is 0 Å². The predicted octanol–water partition coefficient (Wildman–Crippen LogP) is 2.65. The van der Waals surface area contributed by atoms with Gasteiger partial charge in [0, 0.05) is 17.1 Å². The van der Waals surface area contributed by atoms with Gasteiger partial charge in [-0.2, -0.15) is 0 Å². The van der Waals surface area contributed by atoms with Gasteiger partial charge in [-0.1, -0.05) is 23.1 Å². The SMILES string of the molecule is CC(C)(C)NC(=O)Nc1nnc(SCC(=O)Nc2nccs2)s1. The highest BCUT2D eigenvalue weighted by atomic mass is 32.2. The number of amides is 3. The molecule has 0 radical (unpaired) electrons. The van der Waals surface area contributed by atoms with E-state index in [4.69, 9.17) is 0 Å². The summed E-state index contributed by atoms with van der Waals surface area (Å²) in [4.78, 5) is 27.4. The normalized spacial score (nSPS) is 11.1. The van der Waals surface area contributed by atoms with Crippen LogP contribution in [0.1, 0.15) is 20.8 Å². The largest absolute Gasteiger partial charge is 0.333 e. The van der Waals surface area contributed by atoms with E-state index >= 15 is 0 Å². The minimum atomic E-state index is -0.341. The van der Waals surface area contributed by atoms with Gasteiger partial charge in [-0.25, -0.2) is 9.78 Å². The third-order valence-electron chi connectivity index (χ3n) is 2.12. The van der Waals surface area contributed by atoms with Crippen LogP contribution in [0.5, 0.6) is 0 Å². The molecule has 0 aromatic carbocycles. The summed E-state index contributed by atoms with van der Waals surface area (Å²) < 4.78 is 0.602. The van der Waals surface area contributed by atoms with Gasteiger partial charge in [0.15, 0.2) is 9.47 Å². The van der Waals surface area contributed by atoms with Gasteiger partial charge in [0.1, 0.15) is 0 Å². The number of nitrogens with zero attached hydrogens (tertiary/aromatic N) is 3. The molecule has 0 atom stereocenters. The molecule has 2 aromatic heterocycles. The average Bonchev–Trinajstić information content (AvgIpc) is 3.06. The van der Waals surface area contributed by atoms with Crippen molar-refractivity contribution in [2.24, 2.45) is 0 Å². The standard InChI is InChI=1S/C12H16N6O2S3/c1-12(2,3)16-8(20)15-10-17-18-11(23-10)22-6-7(19)14-9-13-4-5-21-9/h4-5H,6H2,1-3H3,(H,13,14,19)(H2,15,16,17,20). The lowest BCUT2D eigenvalue weighted by molar-refractivity contribution is -0.113. The minimum absolute atomic E-state index is 0.167. The number of carbonyl (C=O) groups is 2. The molecule has 0 saturated carbocycles. The smallest absolute Gasteiger partial charge is 0.321 e. The first-order valence-electron chi connectivity index (χ1n) is 6.57. The van der Waals surface area contributed by atoms with Crippen molar-refractivity contribution in [3.8, 4) is 0 Å². The minimum Gasteiger partial charge on any atom is -0.333 e. The second-order valence-corrected chi connectivity index (χ2v) is 8.47. The summed E-state index contributed by atoms with van der Waals surface area (Å²) in [6, 6.07) is -0.341. The maximum absolute atomic E-state index is 11.7. The Morgan fingerprint density at radius 3 is 2.65 bits per heavy atom. The fourth-order valence-electron chi connectivity index (χ4n) is 1.36. The van der Waals surface area contributed by atoms with Crippen LogP contribution < -0.4 is 16.0 Å². The molecule has 124 valence electrons. The highest BCUT2D eigenvalue weighted by Crippen LogP contribution is 2.25. The lowest BCUT2D eigenvalue weighted by Crippen LogP contribution is -2.43. The van der Waals surface area contributed by atoms with Crippen molar-refractivity contribution < 1.29 is 9.59 Å². The van der Waals surface area contributed by atoms with Gasteiger partial charge < -0.3 is 10.6 Å². The predicted molar refractivity (Wildman–Crippen MR) is 93.3 cm³/mol. The molecule has 8 nitrogen and oxygen atoms in total. The molecule has 11 heteroatoms. The van der Waals surface area contributed by atoms with Crippen LogP contribution in [0, 0.1) is 0 Å². The molecule has 0 aliphatic heterocycles. The maximum atomic E-state index is 11.7. The Balaban J connectivity index is 1.78. The summed E-state index contributed by atoms with van der Waals surface area (Å²) in [6.07, 6.45) is 1.62. The average molecular weight is 373 g/mol. The van der Waals surface area contributed by atoms with Gasteiger partial charge in [0.2, 0.25) is 11.0 Å².